The number of aromatic nitrogens is 2. The van der Waals surface area contributed by atoms with Gasteiger partial charge in [-0.3, -0.25) is 4.72 Å². The van der Waals surface area contributed by atoms with Gasteiger partial charge >= 0.3 is 10.2 Å². The molecule has 19 heavy (non-hydrogen) atoms. The van der Waals surface area contributed by atoms with Crippen molar-refractivity contribution < 1.29 is 13.2 Å². The molecule has 1 fully saturated rings. The number of halogens is 1. The molecule has 0 amide bonds. The Bertz CT molecular complexity index is 526. The standard InChI is InChI=1S/C10H15ClN4O3S/c1-7-5-15(6-8(2)18-7)19(16,17)14-10-4-12-9(11)3-13-10/h3-4,7-8H,5-6H2,1-2H3,(H,13,14). The Balaban J connectivity index is 2.11. The van der Waals surface area contributed by atoms with Gasteiger partial charge in [-0.15, -0.1) is 0 Å². The molecule has 0 aromatic carbocycles. The van der Waals surface area contributed by atoms with Crippen LogP contribution >= 0.6 is 11.6 Å². The van der Waals surface area contributed by atoms with Crippen LogP contribution in [0.4, 0.5) is 5.82 Å². The minimum atomic E-state index is -3.66. The molecular formula is C10H15ClN4O3S. The summed E-state index contributed by atoms with van der Waals surface area (Å²) in [6.45, 7) is 4.28. The fourth-order valence-corrected chi connectivity index (χ4v) is 3.30. The van der Waals surface area contributed by atoms with Crippen molar-refractivity contribution in [3.05, 3.63) is 17.5 Å². The Hall–Kier alpha value is -0.960. The molecule has 106 valence electrons. The summed E-state index contributed by atoms with van der Waals surface area (Å²) in [6, 6.07) is 0. The van der Waals surface area contributed by atoms with Crippen LogP contribution in [0.5, 0.6) is 0 Å². The van der Waals surface area contributed by atoms with E-state index < -0.39 is 10.2 Å². The number of morpholine rings is 1. The predicted octanol–water partition coefficient (Wildman–Crippen LogP) is 0.896. The highest BCUT2D eigenvalue weighted by atomic mass is 35.5. The van der Waals surface area contributed by atoms with Crippen molar-refractivity contribution >= 4 is 27.6 Å². The van der Waals surface area contributed by atoms with Crippen LogP contribution in [0.2, 0.25) is 5.15 Å². The molecule has 9 heteroatoms. The maximum Gasteiger partial charge on any atom is 0.303 e. The molecule has 0 bridgehead atoms. The summed E-state index contributed by atoms with van der Waals surface area (Å²) in [7, 11) is -3.66. The molecule has 1 aliphatic rings. The van der Waals surface area contributed by atoms with Gasteiger partial charge in [0.25, 0.3) is 0 Å². The quantitative estimate of drug-likeness (QED) is 0.896. The maximum absolute atomic E-state index is 12.2. The highest BCUT2D eigenvalue weighted by molar-refractivity contribution is 7.90. The molecule has 1 saturated heterocycles. The van der Waals surface area contributed by atoms with Crippen molar-refractivity contribution in [3.8, 4) is 0 Å². The zero-order chi connectivity index (χ0) is 14.0. The van der Waals surface area contributed by atoms with E-state index in [0.29, 0.717) is 13.1 Å². The Kier molecular flexibility index (Phi) is 4.24. The Morgan fingerprint density at radius 1 is 1.32 bits per heavy atom. The first-order chi connectivity index (χ1) is 8.87. The smallest absolute Gasteiger partial charge is 0.303 e. The van der Waals surface area contributed by atoms with Gasteiger partial charge in [-0.25, -0.2) is 9.97 Å². The first-order valence-electron chi connectivity index (χ1n) is 5.78. The van der Waals surface area contributed by atoms with Crippen LogP contribution in [-0.4, -0.2) is 48.0 Å². The lowest BCUT2D eigenvalue weighted by Crippen LogP contribution is -2.50. The van der Waals surface area contributed by atoms with E-state index in [4.69, 9.17) is 16.3 Å². The molecule has 0 spiro atoms. The predicted molar refractivity (Wildman–Crippen MR) is 71.2 cm³/mol. The van der Waals surface area contributed by atoms with Gasteiger partial charge in [-0.2, -0.15) is 12.7 Å². The van der Waals surface area contributed by atoms with Crippen molar-refractivity contribution in [2.24, 2.45) is 0 Å². The highest BCUT2D eigenvalue weighted by Gasteiger charge is 2.31. The molecule has 1 aromatic heterocycles. The largest absolute Gasteiger partial charge is 0.373 e. The summed E-state index contributed by atoms with van der Waals surface area (Å²) in [4.78, 5) is 7.62. The lowest BCUT2D eigenvalue weighted by Gasteiger charge is -2.34. The van der Waals surface area contributed by atoms with E-state index in [1.807, 2.05) is 13.8 Å². The van der Waals surface area contributed by atoms with E-state index in [1.165, 1.54) is 16.7 Å². The SMILES string of the molecule is CC1CN(S(=O)(=O)Nc2cnc(Cl)cn2)CC(C)O1. The van der Waals surface area contributed by atoms with E-state index in [0.717, 1.165) is 0 Å². The van der Waals surface area contributed by atoms with Gasteiger partial charge in [0.2, 0.25) is 0 Å². The van der Waals surface area contributed by atoms with Gasteiger partial charge in [0, 0.05) is 13.1 Å². The van der Waals surface area contributed by atoms with Crippen LogP contribution in [0, 0.1) is 0 Å². The summed E-state index contributed by atoms with van der Waals surface area (Å²) in [5, 5.41) is 0.205. The molecule has 1 aliphatic heterocycles. The number of ether oxygens (including phenoxy) is 1. The lowest BCUT2D eigenvalue weighted by molar-refractivity contribution is -0.0439. The van der Waals surface area contributed by atoms with Gasteiger partial charge in [-0.1, -0.05) is 11.6 Å². The topological polar surface area (TPSA) is 84.4 Å². The zero-order valence-electron chi connectivity index (χ0n) is 10.6. The molecule has 1 N–H and O–H groups in total. The van der Waals surface area contributed by atoms with E-state index in [1.54, 1.807) is 0 Å². The number of rotatable bonds is 3. The van der Waals surface area contributed by atoms with Gasteiger partial charge in [0.15, 0.2) is 5.82 Å². The Morgan fingerprint density at radius 3 is 2.47 bits per heavy atom. The summed E-state index contributed by atoms with van der Waals surface area (Å²) in [5.74, 6) is 0.135. The Morgan fingerprint density at radius 2 is 1.95 bits per heavy atom. The maximum atomic E-state index is 12.2. The number of hydrogen-bond acceptors (Lipinski definition) is 5. The summed E-state index contributed by atoms with van der Waals surface area (Å²) in [5.41, 5.74) is 0. The molecule has 1 aromatic rings. The van der Waals surface area contributed by atoms with Gasteiger partial charge in [0.1, 0.15) is 5.15 Å². The number of nitrogens with zero attached hydrogens (tertiary/aromatic N) is 3. The van der Waals surface area contributed by atoms with E-state index >= 15 is 0 Å². The Labute approximate surface area is 117 Å². The van der Waals surface area contributed by atoms with Gasteiger partial charge in [0.05, 0.1) is 24.6 Å². The monoisotopic (exact) mass is 306 g/mol. The minimum Gasteiger partial charge on any atom is -0.373 e. The average Bonchev–Trinajstić information content (AvgIpc) is 2.31. The third-order valence-corrected chi connectivity index (χ3v) is 4.22. The third kappa shape index (κ3) is 3.75. The minimum absolute atomic E-state index is 0.135. The summed E-state index contributed by atoms with van der Waals surface area (Å²) < 4.78 is 33.6. The lowest BCUT2D eigenvalue weighted by atomic mass is 10.3. The second kappa shape index (κ2) is 5.58. The molecule has 7 nitrogen and oxygen atoms in total. The molecule has 0 radical (unpaired) electrons. The molecule has 2 heterocycles. The normalized spacial score (nSPS) is 25.2. The van der Waals surface area contributed by atoms with Crippen LogP contribution in [0.15, 0.2) is 12.4 Å². The van der Waals surface area contributed by atoms with Crippen molar-refractivity contribution in [3.63, 3.8) is 0 Å². The average molecular weight is 307 g/mol. The number of anilines is 1. The van der Waals surface area contributed by atoms with Crippen LogP contribution in [-0.2, 0) is 14.9 Å². The van der Waals surface area contributed by atoms with Crippen LogP contribution in [0.3, 0.4) is 0 Å². The van der Waals surface area contributed by atoms with E-state index in [9.17, 15) is 8.42 Å². The second-order valence-corrected chi connectivity index (χ2v) is 6.46. The van der Waals surface area contributed by atoms with Crippen molar-refractivity contribution in [1.82, 2.24) is 14.3 Å². The van der Waals surface area contributed by atoms with Gasteiger partial charge in [-0.05, 0) is 13.8 Å². The van der Waals surface area contributed by atoms with Crippen molar-refractivity contribution in [2.75, 3.05) is 17.8 Å². The number of nitrogens with one attached hydrogen (secondary N) is 1. The fraction of sp³-hybridized carbons (Fsp3) is 0.600. The molecule has 2 atom stereocenters. The third-order valence-electron chi connectivity index (χ3n) is 2.58. The summed E-state index contributed by atoms with van der Waals surface area (Å²) in [6.07, 6.45) is 2.27. The first-order valence-corrected chi connectivity index (χ1v) is 7.59. The van der Waals surface area contributed by atoms with Crippen molar-refractivity contribution in [2.45, 2.75) is 26.1 Å². The van der Waals surface area contributed by atoms with Crippen LogP contribution in [0.25, 0.3) is 0 Å². The van der Waals surface area contributed by atoms with E-state index in [2.05, 4.69) is 14.7 Å². The first kappa shape index (κ1) is 14.4. The zero-order valence-corrected chi connectivity index (χ0v) is 12.1. The molecule has 2 unspecified atom stereocenters. The van der Waals surface area contributed by atoms with E-state index in [-0.39, 0.29) is 23.2 Å². The molecule has 0 saturated carbocycles. The van der Waals surface area contributed by atoms with Crippen LogP contribution < -0.4 is 4.72 Å². The van der Waals surface area contributed by atoms with Crippen LogP contribution in [0.1, 0.15) is 13.8 Å². The molecule has 2 rings (SSSR count). The molecule has 0 aliphatic carbocycles. The highest BCUT2D eigenvalue weighted by Crippen LogP contribution is 2.16. The summed E-state index contributed by atoms with van der Waals surface area (Å²) >= 11 is 5.59. The van der Waals surface area contributed by atoms with Crippen molar-refractivity contribution in [1.29, 1.82) is 0 Å². The number of hydrogen-bond donors (Lipinski definition) is 1. The van der Waals surface area contributed by atoms with Gasteiger partial charge < -0.3 is 4.74 Å². The second-order valence-electron chi connectivity index (χ2n) is 4.41. The fourth-order valence-electron chi connectivity index (χ4n) is 1.89. The molecular weight excluding hydrogens is 292 g/mol.